The van der Waals surface area contributed by atoms with Crippen LogP contribution >= 0.6 is 11.6 Å². The van der Waals surface area contributed by atoms with Crippen LogP contribution in [0.3, 0.4) is 0 Å². The average molecular weight is 302 g/mol. The van der Waals surface area contributed by atoms with Crippen LogP contribution in [0.15, 0.2) is 36.4 Å². The molecule has 0 bridgehead atoms. The fourth-order valence-electron chi connectivity index (χ4n) is 2.97. The molecular weight excluding hydrogens is 282 g/mol. The highest BCUT2D eigenvalue weighted by atomic mass is 35.5. The number of anilines is 1. The molecule has 0 saturated heterocycles. The van der Waals surface area contributed by atoms with Gasteiger partial charge >= 0.3 is 0 Å². The number of halogens is 1. The van der Waals surface area contributed by atoms with E-state index in [2.05, 4.69) is 22.2 Å². The molecule has 0 radical (unpaired) electrons. The van der Waals surface area contributed by atoms with Gasteiger partial charge in [-0.15, -0.1) is 0 Å². The van der Waals surface area contributed by atoms with Crippen LogP contribution < -0.4 is 5.32 Å². The molecule has 1 aromatic heterocycles. The summed E-state index contributed by atoms with van der Waals surface area (Å²) in [6.45, 7) is 2.30. The maximum absolute atomic E-state index is 6.09. The maximum Gasteiger partial charge on any atom is 0.224 e. The standard InChI is InChI=1S/C17H20ClN3/c1-12-7-5-6-10-14(12)19-16-11-15(20-17(18)21-16)13-8-3-2-4-9-13/h2-4,8-9,11-12,14H,5-7,10H2,1H3,(H,19,20,21). The summed E-state index contributed by atoms with van der Waals surface area (Å²) in [5.41, 5.74) is 1.92. The number of rotatable bonds is 3. The Labute approximate surface area is 130 Å². The second-order valence-corrected chi connectivity index (χ2v) is 6.12. The zero-order valence-corrected chi connectivity index (χ0v) is 13.0. The van der Waals surface area contributed by atoms with E-state index in [0.29, 0.717) is 17.2 Å². The molecule has 2 atom stereocenters. The van der Waals surface area contributed by atoms with Crippen LogP contribution in [0.25, 0.3) is 11.3 Å². The molecule has 1 saturated carbocycles. The van der Waals surface area contributed by atoms with E-state index in [-0.39, 0.29) is 0 Å². The third-order valence-electron chi connectivity index (χ3n) is 4.21. The van der Waals surface area contributed by atoms with E-state index in [1.54, 1.807) is 0 Å². The summed E-state index contributed by atoms with van der Waals surface area (Å²) in [4.78, 5) is 8.66. The number of aromatic nitrogens is 2. The van der Waals surface area contributed by atoms with Crippen molar-refractivity contribution >= 4 is 17.4 Å². The topological polar surface area (TPSA) is 37.8 Å². The summed E-state index contributed by atoms with van der Waals surface area (Å²) >= 11 is 6.09. The number of hydrogen-bond acceptors (Lipinski definition) is 3. The van der Waals surface area contributed by atoms with Crippen LogP contribution in [0, 0.1) is 5.92 Å². The zero-order chi connectivity index (χ0) is 14.7. The second-order valence-electron chi connectivity index (χ2n) is 5.79. The molecule has 1 aliphatic carbocycles. The molecule has 1 heterocycles. The van der Waals surface area contributed by atoms with Gasteiger partial charge in [0.1, 0.15) is 5.82 Å². The van der Waals surface area contributed by atoms with E-state index in [1.807, 2.05) is 36.4 Å². The maximum atomic E-state index is 6.09. The fourth-order valence-corrected chi connectivity index (χ4v) is 3.15. The largest absolute Gasteiger partial charge is 0.367 e. The van der Waals surface area contributed by atoms with Gasteiger partial charge in [-0.05, 0) is 30.4 Å². The Hall–Kier alpha value is -1.61. The summed E-state index contributed by atoms with van der Waals surface area (Å²) in [5, 5.41) is 3.84. The third-order valence-corrected chi connectivity index (χ3v) is 4.38. The Morgan fingerprint density at radius 1 is 1.10 bits per heavy atom. The minimum Gasteiger partial charge on any atom is -0.367 e. The van der Waals surface area contributed by atoms with Gasteiger partial charge in [0.25, 0.3) is 0 Å². The second kappa shape index (κ2) is 6.44. The summed E-state index contributed by atoms with van der Waals surface area (Å²) < 4.78 is 0. The normalized spacial score (nSPS) is 22.0. The minimum absolute atomic E-state index is 0.294. The quantitative estimate of drug-likeness (QED) is 0.828. The van der Waals surface area contributed by atoms with E-state index in [9.17, 15) is 0 Å². The van der Waals surface area contributed by atoms with Gasteiger partial charge in [0, 0.05) is 17.7 Å². The van der Waals surface area contributed by atoms with Crippen LogP contribution in [0.4, 0.5) is 5.82 Å². The number of hydrogen-bond donors (Lipinski definition) is 1. The Morgan fingerprint density at radius 2 is 1.86 bits per heavy atom. The molecule has 0 aliphatic heterocycles. The Kier molecular flexibility index (Phi) is 4.39. The van der Waals surface area contributed by atoms with Crippen molar-refractivity contribution in [1.82, 2.24) is 9.97 Å². The van der Waals surface area contributed by atoms with Crippen molar-refractivity contribution in [2.75, 3.05) is 5.32 Å². The summed E-state index contributed by atoms with van der Waals surface area (Å²) in [7, 11) is 0. The minimum atomic E-state index is 0.294. The molecule has 3 nitrogen and oxygen atoms in total. The Balaban J connectivity index is 1.84. The third kappa shape index (κ3) is 3.53. The summed E-state index contributed by atoms with van der Waals surface area (Å²) in [5.74, 6) is 1.50. The molecule has 1 aliphatic rings. The SMILES string of the molecule is CC1CCCCC1Nc1cc(-c2ccccc2)nc(Cl)n1. The van der Waals surface area contributed by atoms with Crippen molar-refractivity contribution < 1.29 is 0 Å². The number of nitrogens with zero attached hydrogens (tertiary/aromatic N) is 2. The highest BCUT2D eigenvalue weighted by Crippen LogP contribution is 2.28. The first-order chi connectivity index (χ1) is 10.2. The van der Waals surface area contributed by atoms with Gasteiger partial charge in [0.2, 0.25) is 5.28 Å². The van der Waals surface area contributed by atoms with E-state index in [4.69, 9.17) is 11.6 Å². The molecule has 1 aromatic carbocycles. The van der Waals surface area contributed by atoms with E-state index >= 15 is 0 Å². The molecule has 4 heteroatoms. The van der Waals surface area contributed by atoms with Gasteiger partial charge in [0.15, 0.2) is 0 Å². The van der Waals surface area contributed by atoms with E-state index in [0.717, 1.165) is 17.1 Å². The Morgan fingerprint density at radius 3 is 2.62 bits per heavy atom. The smallest absolute Gasteiger partial charge is 0.224 e. The molecule has 21 heavy (non-hydrogen) atoms. The first-order valence-corrected chi connectivity index (χ1v) is 7.97. The predicted molar refractivity (Wildman–Crippen MR) is 87.5 cm³/mol. The van der Waals surface area contributed by atoms with E-state index < -0.39 is 0 Å². The molecule has 0 spiro atoms. The molecule has 2 aromatic rings. The fraction of sp³-hybridized carbons (Fsp3) is 0.412. The van der Waals surface area contributed by atoms with Gasteiger partial charge in [-0.1, -0.05) is 50.1 Å². The Bertz CT molecular complexity index is 600. The van der Waals surface area contributed by atoms with Crippen LogP contribution in [-0.2, 0) is 0 Å². The highest BCUT2D eigenvalue weighted by Gasteiger charge is 2.21. The monoisotopic (exact) mass is 301 g/mol. The van der Waals surface area contributed by atoms with Crippen LogP contribution in [-0.4, -0.2) is 16.0 Å². The van der Waals surface area contributed by atoms with Gasteiger partial charge < -0.3 is 5.32 Å². The molecule has 1 N–H and O–H groups in total. The molecular formula is C17H20ClN3. The van der Waals surface area contributed by atoms with Crippen molar-refractivity contribution in [3.05, 3.63) is 41.7 Å². The van der Waals surface area contributed by atoms with Crippen molar-refractivity contribution in [3.63, 3.8) is 0 Å². The van der Waals surface area contributed by atoms with Gasteiger partial charge in [-0.3, -0.25) is 0 Å². The van der Waals surface area contributed by atoms with Crippen molar-refractivity contribution in [2.45, 2.75) is 38.6 Å². The van der Waals surface area contributed by atoms with Gasteiger partial charge in [0.05, 0.1) is 5.69 Å². The molecule has 1 fully saturated rings. The van der Waals surface area contributed by atoms with Gasteiger partial charge in [-0.25, -0.2) is 9.97 Å². The molecule has 110 valence electrons. The lowest BCUT2D eigenvalue weighted by Crippen LogP contribution is -2.30. The summed E-state index contributed by atoms with van der Waals surface area (Å²) in [6, 6.07) is 12.5. The molecule has 2 unspecified atom stereocenters. The number of benzene rings is 1. The van der Waals surface area contributed by atoms with Crippen LogP contribution in [0.2, 0.25) is 5.28 Å². The molecule has 0 amide bonds. The van der Waals surface area contributed by atoms with Crippen molar-refractivity contribution in [1.29, 1.82) is 0 Å². The van der Waals surface area contributed by atoms with E-state index in [1.165, 1.54) is 25.7 Å². The molecule has 3 rings (SSSR count). The lowest BCUT2D eigenvalue weighted by atomic mass is 9.86. The van der Waals surface area contributed by atoms with Crippen molar-refractivity contribution in [2.24, 2.45) is 5.92 Å². The van der Waals surface area contributed by atoms with Gasteiger partial charge in [-0.2, -0.15) is 0 Å². The number of nitrogens with one attached hydrogen (secondary N) is 1. The highest BCUT2D eigenvalue weighted by molar-refractivity contribution is 6.28. The van der Waals surface area contributed by atoms with Crippen LogP contribution in [0.1, 0.15) is 32.6 Å². The van der Waals surface area contributed by atoms with Crippen LogP contribution in [0.5, 0.6) is 0 Å². The lowest BCUT2D eigenvalue weighted by molar-refractivity contribution is 0.349. The predicted octanol–water partition coefficient (Wildman–Crippen LogP) is 4.79. The lowest BCUT2D eigenvalue weighted by Gasteiger charge is -2.30. The first-order valence-electron chi connectivity index (χ1n) is 7.59. The average Bonchev–Trinajstić information content (AvgIpc) is 2.50. The van der Waals surface area contributed by atoms with Crippen molar-refractivity contribution in [3.8, 4) is 11.3 Å². The first kappa shape index (κ1) is 14.3. The summed E-state index contributed by atoms with van der Waals surface area (Å²) in [6.07, 6.45) is 5.09. The zero-order valence-electron chi connectivity index (χ0n) is 12.2.